The van der Waals surface area contributed by atoms with Crippen LogP contribution in [-0.2, 0) is 4.79 Å². The van der Waals surface area contributed by atoms with Crippen molar-refractivity contribution in [3.05, 3.63) is 23.3 Å². The molecular weight excluding hydrogens is 276 g/mol. The Labute approximate surface area is 135 Å². The lowest BCUT2D eigenvalue weighted by Crippen LogP contribution is -2.44. The summed E-state index contributed by atoms with van der Waals surface area (Å²) in [4.78, 5) is 9.59. The third-order valence-electron chi connectivity index (χ3n) is 4.17. The summed E-state index contributed by atoms with van der Waals surface area (Å²) >= 11 is 0. The molecule has 0 heterocycles. The van der Waals surface area contributed by atoms with E-state index in [0.29, 0.717) is 19.4 Å². The monoisotopic (exact) mass is 310 g/mol. The van der Waals surface area contributed by atoms with Gasteiger partial charge in [-0.1, -0.05) is 66.2 Å². The Hall–Kier alpha value is -1.13. The van der Waals surface area contributed by atoms with Crippen molar-refractivity contribution in [2.45, 2.75) is 66.9 Å². The normalized spacial score (nSPS) is 22.2. The van der Waals surface area contributed by atoms with Crippen LogP contribution in [0.15, 0.2) is 23.3 Å². The molecule has 22 heavy (non-hydrogen) atoms. The Morgan fingerprint density at radius 2 is 1.73 bits per heavy atom. The maximum absolute atomic E-state index is 10.8. The molecule has 0 spiro atoms. The van der Waals surface area contributed by atoms with Gasteiger partial charge in [-0.2, -0.15) is 0 Å². The van der Waals surface area contributed by atoms with Crippen molar-refractivity contribution in [3.63, 3.8) is 0 Å². The van der Waals surface area contributed by atoms with Gasteiger partial charge in [0.15, 0.2) is 0 Å². The van der Waals surface area contributed by atoms with Crippen molar-refractivity contribution in [2.24, 2.45) is 22.3 Å². The van der Waals surface area contributed by atoms with Gasteiger partial charge in [0, 0.05) is 19.4 Å². The van der Waals surface area contributed by atoms with E-state index in [0.717, 1.165) is 0 Å². The number of primary amides is 1. The highest BCUT2D eigenvalue weighted by Crippen LogP contribution is 2.45. The molecule has 1 atom stereocenters. The Morgan fingerprint density at radius 3 is 2.00 bits per heavy atom. The highest BCUT2D eigenvalue weighted by molar-refractivity contribution is 5.73. The van der Waals surface area contributed by atoms with Crippen LogP contribution in [-0.4, -0.2) is 23.2 Å². The lowest BCUT2D eigenvalue weighted by Gasteiger charge is -2.43. The fourth-order valence-electron chi connectivity index (χ4n) is 2.23. The summed E-state index contributed by atoms with van der Waals surface area (Å²) in [5.74, 6) is -0.245. The second-order valence-electron chi connectivity index (χ2n) is 7.96. The highest BCUT2D eigenvalue weighted by atomic mass is 16.3. The zero-order valence-corrected chi connectivity index (χ0v) is 15.3. The number of hydrogen-bond donors (Lipinski definition) is 3. The highest BCUT2D eigenvalue weighted by Gasteiger charge is 2.42. The quantitative estimate of drug-likeness (QED) is 0.732. The summed E-state index contributed by atoms with van der Waals surface area (Å²) in [6, 6.07) is 0. The third kappa shape index (κ3) is 5.58. The summed E-state index contributed by atoms with van der Waals surface area (Å²) in [6.45, 7) is 15.0. The van der Waals surface area contributed by atoms with Crippen LogP contribution in [0.5, 0.6) is 0 Å². The molecule has 4 nitrogen and oxygen atoms in total. The molecule has 0 aliphatic heterocycles. The van der Waals surface area contributed by atoms with E-state index in [9.17, 15) is 9.90 Å². The second-order valence-corrected chi connectivity index (χ2v) is 7.96. The fourth-order valence-corrected chi connectivity index (χ4v) is 2.23. The fraction of sp³-hybridized carbons (Fsp3) is 0.722. The minimum Gasteiger partial charge on any atom is -0.385 e. The number of rotatable bonds is 2. The molecule has 1 aliphatic rings. The van der Waals surface area contributed by atoms with Gasteiger partial charge in [0.25, 0.3) is 0 Å². The number of carbonyl (C=O) groups is 1. The maximum Gasteiger partial charge on any atom is 0.217 e. The van der Waals surface area contributed by atoms with Crippen molar-refractivity contribution in [1.29, 1.82) is 0 Å². The number of carbonyl (C=O) groups excluding carboxylic acids is 1. The molecule has 0 aromatic carbocycles. The predicted octanol–water partition coefficient (Wildman–Crippen LogP) is 2.91. The molecule has 0 saturated carbocycles. The molecular formula is C18H34N2O2. The lowest BCUT2D eigenvalue weighted by molar-refractivity contribution is -0.117. The van der Waals surface area contributed by atoms with Gasteiger partial charge in [0.2, 0.25) is 5.91 Å². The van der Waals surface area contributed by atoms with Crippen molar-refractivity contribution in [1.82, 2.24) is 0 Å². The molecule has 0 aromatic heterocycles. The minimum atomic E-state index is -0.770. The zero-order chi connectivity index (χ0) is 17.8. The first kappa shape index (κ1) is 20.9. The van der Waals surface area contributed by atoms with Gasteiger partial charge in [0.1, 0.15) is 0 Å². The molecule has 0 aromatic rings. The second kappa shape index (κ2) is 7.42. The lowest BCUT2D eigenvalue weighted by atomic mass is 9.66. The van der Waals surface area contributed by atoms with Crippen molar-refractivity contribution in [3.8, 4) is 0 Å². The minimum absolute atomic E-state index is 0.0543. The van der Waals surface area contributed by atoms with Gasteiger partial charge in [0.05, 0.1) is 5.60 Å². The molecule has 4 heteroatoms. The molecule has 0 bridgehead atoms. The molecule has 0 fully saturated rings. The van der Waals surface area contributed by atoms with Crippen LogP contribution in [0.25, 0.3) is 0 Å². The number of amides is 1. The Bertz CT molecular complexity index is 451. The van der Waals surface area contributed by atoms with Gasteiger partial charge >= 0.3 is 0 Å². The predicted molar refractivity (Wildman–Crippen MR) is 93.2 cm³/mol. The molecule has 0 saturated heterocycles. The van der Waals surface area contributed by atoms with E-state index in [1.165, 1.54) is 11.1 Å². The van der Waals surface area contributed by atoms with Crippen LogP contribution in [0, 0.1) is 10.8 Å². The van der Waals surface area contributed by atoms with Crippen LogP contribution in [0.3, 0.4) is 0 Å². The average Bonchev–Trinajstić information content (AvgIpc) is 2.37. The standard InChI is InChI=1S/C15H27NO.C3H7NO/c1-13(2,3)12-9-15(17,14(4,5)6)8-7-11(12)10-16;1-2-3(4)5/h7-8,17H,9-10,16H2,1-6H3;2H2,1H3,(H2,4,5). The molecule has 1 aliphatic carbocycles. The van der Waals surface area contributed by atoms with Gasteiger partial charge in [-0.15, -0.1) is 0 Å². The summed E-state index contributed by atoms with van der Waals surface area (Å²) < 4.78 is 0. The first-order valence-corrected chi connectivity index (χ1v) is 7.91. The first-order chi connectivity index (χ1) is 9.78. The van der Waals surface area contributed by atoms with Gasteiger partial charge in [-0.25, -0.2) is 0 Å². The van der Waals surface area contributed by atoms with Crippen molar-refractivity contribution in [2.75, 3.05) is 6.54 Å². The van der Waals surface area contributed by atoms with Crippen molar-refractivity contribution < 1.29 is 9.90 Å². The van der Waals surface area contributed by atoms with Crippen LogP contribution >= 0.6 is 0 Å². The zero-order valence-electron chi connectivity index (χ0n) is 15.3. The summed E-state index contributed by atoms with van der Waals surface area (Å²) in [5, 5.41) is 10.8. The smallest absolute Gasteiger partial charge is 0.217 e. The molecule has 0 radical (unpaired) electrons. The summed E-state index contributed by atoms with van der Waals surface area (Å²) in [7, 11) is 0. The van der Waals surface area contributed by atoms with Gasteiger partial charge < -0.3 is 16.6 Å². The largest absolute Gasteiger partial charge is 0.385 e. The molecule has 5 N–H and O–H groups in total. The van der Waals surface area contributed by atoms with E-state index in [-0.39, 0.29) is 16.7 Å². The van der Waals surface area contributed by atoms with Gasteiger partial charge in [-0.3, -0.25) is 4.79 Å². The summed E-state index contributed by atoms with van der Waals surface area (Å²) in [6.07, 6.45) is 5.06. The van der Waals surface area contributed by atoms with Gasteiger partial charge in [-0.05, 0) is 16.4 Å². The molecule has 128 valence electrons. The van der Waals surface area contributed by atoms with E-state index < -0.39 is 5.60 Å². The Morgan fingerprint density at radius 1 is 1.27 bits per heavy atom. The number of aliphatic hydroxyl groups is 1. The average molecular weight is 310 g/mol. The molecule has 1 amide bonds. The van der Waals surface area contributed by atoms with E-state index in [4.69, 9.17) is 5.73 Å². The topological polar surface area (TPSA) is 89.3 Å². The molecule has 1 rings (SSSR count). The first-order valence-electron chi connectivity index (χ1n) is 7.91. The van der Waals surface area contributed by atoms with E-state index in [1.807, 2.05) is 12.2 Å². The van der Waals surface area contributed by atoms with Crippen LogP contribution in [0.4, 0.5) is 0 Å². The summed E-state index contributed by atoms with van der Waals surface area (Å²) in [5.41, 5.74) is 12.0. The number of hydrogen-bond acceptors (Lipinski definition) is 3. The number of nitrogens with two attached hydrogens (primary N) is 2. The van der Waals surface area contributed by atoms with E-state index in [1.54, 1.807) is 6.92 Å². The van der Waals surface area contributed by atoms with Crippen LogP contribution in [0.1, 0.15) is 61.3 Å². The maximum atomic E-state index is 10.8. The molecule has 1 unspecified atom stereocenters. The Kier molecular flexibility index (Phi) is 7.04. The third-order valence-corrected chi connectivity index (χ3v) is 4.17. The van der Waals surface area contributed by atoms with Crippen LogP contribution in [0.2, 0.25) is 0 Å². The van der Waals surface area contributed by atoms with Crippen molar-refractivity contribution >= 4 is 5.91 Å². The van der Waals surface area contributed by atoms with E-state index >= 15 is 0 Å². The Balaban J connectivity index is 0.000000763. The van der Waals surface area contributed by atoms with E-state index in [2.05, 4.69) is 47.3 Å². The SMILES string of the molecule is CC(C)(C)C1=C(CN)C=CC(O)(C(C)(C)C)C1.CCC(N)=O. The van der Waals surface area contributed by atoms with Crippen LogP contribution < -0.4 is 11.5 Å².